The third-order valence-electron chi connectivity index (χ3n) is 7.27. The maximum Gasteiger partial charge on any atom is 0.235 e. The van der Waals surface area contributed by atoms with Crippen LogP contribution in [0.25, 0.3) is 0 Å². The van der Waals surface area contributed by atoms with E-state index in [9.17, 15) is 9.18 Å². The minimum atomic E-state index is -0.801. The molecule has 0 radical (unpaired) electrons. The Morgan fingerprint density at radius 1 is 1.09 bits per heavy atom. The first-order valence-electron chi connectivity index (χ1n) is 12.6. The number of ether oxygens (including phenoxy) is 1. The maximum absolute atomic E-state index is 14.7. The molecule has 2 aliphatic rings. The molecular weight excluding hydrogens is 415 g/mol. The lowest BCUT2D eigenvalue weighted by Crippen LogP contribution is -2.42. The van der Waals surface area contributed by atoms with Crippen molar-refractivity contribution in [3.05, 3.63) is 59.9 Å². The van der Waals surface area contributed by atoms with E-state index >= 15 is 0 Å². The third-order valence-corrected chi connectivity index (χ3v) is 7.27. The summed E-state index contributed by atoms with van der Waals surface area (Å²) in [6, 6.07) is 14.3. The predicted molar refractivity (Wildman–Crippen MR) is 131 cm³/mol. The lowest BCUT2D eigenvalue weighted by Gasteiger charge is -2.36. The highest BCUT2D eigenvalue weighted by atomic mass is 19.1. The van der Waals surface area contributed by atoms with E-state index in [-0.39, 0.29) is 11.7 Å². The summed E-state index contributed by atoms with van der Waals surface area (Å²) in [4.78, 5) is 15.9. The van der Waals surface area contributed by atoms with Crippen molar-refractivity contribution >= 4 is 11.6 Å². The number of hydrogen-bond acceptors (Lipinski definition) is 3. The number of carbonyl (C=O) groups excluding carboxylic acids is 1. The highest BCUT2D eigenvalue weighted by Crippen LogP contribution is 2.41. The Hall–Kier alpha value is -2.40. The number of benzene rings is 2. The lowest BCUT2D eigenvalue weighted by molar-refractivity contribution is -0.122. The first-order chi connectivity index (χ1) is 16.1. The molecule has 33 heavy (non-hydrogen) atoms. The van der Waals surface area contributed by atoms with Crippen LogP contribution in [-0.4, -0.2) is 37.0 Å². The van der Waals surface area contributed by atoms with E-state index in [4.69, 9.17) is 4.74 Å². The lowest BCUT2D eigenvalue weighted by atomic mass is 9.68. The fraction of sp³-hybridized carbons (Fsp3) is 0.536. The van der Waals surface area contributed by atoms with Gasteiger partial charge in [0.05, 0.1) is 12.0 Å². The van der Waals surface area contributed by atoms with Crippen molar-refractivity contribution in [1.82, 2.24) is 4.90 Å². The molecule has 1 heterocycles. The maximum atomic E-state index is 14.7. The Balaban J connectivity index is 1.32. The van der Waals surface area contributed by atoms with Crippen LogP contribution in [0.1, 0.15) is 63.9 Å². The summed E-state index contributed by atoms with van der Waals surface area (Å²) in [6.45, 7) is 6.49. The van der Waals surface area contributed by atoms with Gasteiger partial charge in [-0.25, -0.2) is 4.39 Å². The first-order valence-corrected chi connectivity index (χ1v) is 12.6. The van der Waals surface area contributed by atoms with E-state index in [0.717, 1.165) is 49.6 Å². The number of nitrogens with one attached hydrogen (secondary N) is 1. The van der Waals surface area contributed by atoms with Crippen molar-refractivity contribution in [2.75, 3.05) is 31.6 Å². The smallest absolute Gasteiger partial charge is 0.235 e. The zero-order chi connectivity index (χ0) is 23.1. The molecule has 5 heteroatoms. The molecule has 0 unspecified atom stereocenters. The largest absolute Gasteiger partial charge is 0.494 e. The van der Waals surface area contributed by atoms with Gasteiger partial charge in [0, 0.05) is 24.3 Å². The second-order valence-electron chi connectivity index (χ2n) is 9.85. The number of carbonyl (C=O) groups is 1. The van der Waals surface area contributed by atoms with Crippen LogP contribution in [0.4, 0.5) is 10.1 Å². The van der Waals surface area contributed by atoms with E-state index in [1.165, 1.54) is 32.0 Å². The molecule has 1 aliphatic heterocycles. The topological polar surface area (TPSA) is 41.6 Å². The Morgan fingerprint density at radius 2 is 1.85 bits per heavy atom. The fourth-order valence-electron chi connectivity index (χ4n) is 5.48. The van der Waals surface area contributed by atoms with Crippen LogP contribution in [0, 0.1) is 11.7 Å². The number of hydrogen-bond donors (Lipinski definition) is 1. The molecule has 0 spiro atoms. The zero-order valence-corrected chi connectivity index (χ0v) is 19.8. The van der Waals surface area contributed by atoms with Crippen molar-refractivity contribution in [1.29, 1.82) is 0 Å². The molecule has 4 rings (SSSR count). The van der Waals surface area contributed by atoms with Gasteiger partial charge in [0.25, 0.3) is 0 Å². The van der Waals surface area contributed by atoms with Gasteiger partial charge in [-0.15, -0.1) is 0 Å². The molecular formula is C28H37FN2O2. The molecule has 2 fully saturated rings. The van der Waals surface area contributed by atoms with Gasteiger partial charge in [-0.2, -0.15) is 0 Å². The van der Waals surface area contributed by atoms with E-state index in [0.29, 0.717) is 25.0 Å². The summed E-state index contributed by atoms with van der Waals surface area (Å²) in [7, 11) is 0. The van der Waals surface area contributed by atoms with Crippen molar-refractivity contribution in [3.63, 3.8) is 0 Å². The number of anilines is 1. The van der Waals surface area contributed by atoms with Crippen LogP contribution >= 0.6 is 0 Å². The summed E-state index contributed by atoms with van der Waals surface area (Å²) in [5.74, 6) is 1.20. The summed E-state index contributed by atoms with van der Waals surface area (Å²) in [6.07, 6.45) is 7.97. The molecule has 2 aromatic carbocycles. The van der Waals surface area contributed by atoms with Crippen molar-refractivity contribution in [2.24, 2.45) is 5.92 Å². The number of rotatable bonds is 8. The molecule has 0 aromatic heterocycles. The number of nitrogens with zero attached hydrogens (tertiary/aromatic N) is 1. The van der Waals surface area contributed by atoms with E-state index in [2.05, 4.69) is 17.1 Å². The van der Waals surface area contributed by atoms with Gasteiger partial charge in [0.2, 0.25) is 5.91 Å². The van der Waals surface area contributed by atoms with Gasteiger partial charge in [-0.1, -0.05) is 44.4 Å². The molecule has 0 bridgehead atoms. The number of likely N-dealkylation sites (tertiary alicyclic amines) is 1. The molecule has 1 atom stereocenters. The Bertz CT molecular complexity index is 908. The summed E-state index contributed by atoms with van der Waals surface area (Å²) >= 11 is 0. The molecule has 1 N–H and O–H groups in total. The van der Waals surface area contributed by atoms with E-state index < -0.39 is 5.41 Å². The summed E-state index contributed by atoms with van der Waals surface area (Å²) in [5.41, 5.74) is 0.436. The number of halogens is 1. The molecule has 2 aromatic rings. The van der Waals surface area contributed by atoms with E-state index in [1.54, 1.807) is 12.1 Å². The average Bonchev–Trinajstić information content (AvgIpc) is 2.83. The number of piperidine rings is 1. The van der Waals surface area contributed by atoms with Gasteiger partial charge in [0.15, 0.2) is 0 Å². The van der Waals surface area contributed by atoms with Crippen LogP contribution in [-0.2, 0) is 10.2 Å². The first kappa shape index (κ1) is 23.7. The molecule has 4 nitrogen and oxygen atoms in total. The minimum absolute atomic E-state index is 0.114. The molecule has 1 saturated heterocycles. The van der Waals surface area contributed by atoms with E-state index in [1.807, 2.05) is 30.3 Å². The Labute approximate surface area is 197 Å². The van der Waals surface area contributed by atoms with Crippen molar-refractivity contribution in [2.45, 2.75) is 63.7 Å². The van der Waals surface area contributed by atoms with Crippen molar-refractivity contribution in [3.8, 4) is 5.75 Å². The second-order valence-corrected chi connectivity index (χ2v) is 9.85. The van der Waals surface area contributed by atoms with Gasteiger partial charge < -0.3 is 15.0 Å². The number of amides is 1. The molecule has 1 amide bonds. The Morgan fingerprint density at radius 3 is 2.58 bits per heavy atom. The predicted octanol–water partition coefficient (Wildman–Crippen LogP) is 6.17. The van der Waals surface area contributed by atoms with Crippen molar-refractivity contribution < 1.29 is 13.9 Å². The van der Waals surface area contributed by atoms with Gasteiger partial charge >= 0.3 is 0 Å². The van der Waals surface area contributed by atoms with Crippen LogP contribution in [0.2, 0.25) is 0 Å². The average molecular weight is 453 g/mol. The van der Waals surface area contributed by atoms with Gasteiger partial charge in [-0.3, -0.25) is 4.79 Å². The Kier molecular flexibility index (Phi) is 8.02. The normalized spacial score (nSPS) is 20.8. The molecule has 178 valence electrons. The van der Waals surface area contributed by atoms with Crippen LogP contribution < -0.4 is 10.1 Å². The molecule has 1 aliphatic carbocycles. The standard InChI is InChI=1S/C28H37FN2O2/c1-22-9-7-18-31(21-22)19-8-20-33-24-14-12-23(13-15-24)30-27(32)28(16-5-2-6-17-28)25-10-3-4-11-26(25)29/h3-4,10-15,22H,2,5-9,16-21H2,1H3,(H,30,32)/t22-/m0/s1. The van der Waals surface area contributed by atoms with Crippen LogP contribution in [0.5, 0.6) is 5.75 Å². The highest BCUT2D eigenvalue weighted by molar-refractivity contribution is 5.99. The molecule has 1 saturated carbocycles. The van der Waals surface area contributed by atoms with Gasteiger partial charge in [-0.05, 0) is 74.9 Å². The van der Waals surface area contributed by atoms with Crippen LogP contribution in [0.3, 0.4) is 0 Å². The minimum Gasteiger partial charge on any atom is -0.494 e. The second kappa shape index (κ2) is 11.1. The SMILES string of the molecule is C[C@H]1CCCN(CCCOc2ccc(NC(=O)C3(c4ccccc4F)CCCCC3)cc2)C1. The monoisotopic (exact) mass is 452 g/mol. The highest BCUT2D eigenvalue weighted by Gasteiger charge is 2.42. The summed E-state index contributed by atoms with van der Waals surface area (Å²) in [5, 5.41) is 3.05. The quantitative estimate of drug-likeness (QED) is 0.487. The van der Waals surface area contributed by atoms with Gasteiger partial charge in [0.1, 0.15) is 11.6 Å². The zero-order valence-electron chi connectivity index (χ0n) is 19.8. The summed E-state index contributed by atoms with van der Waals surface area (Å²) < 4.78 is 20.6. The fourth-order valence-corrected chi connectivity index (χ4v) is 5.48. The van der Waals surface area contributed by atoms with Crippen LogP contribution in [0.15, 0.2) is 48.5 Å². The third kappa shape index (κ3) is 5.94.